The lowest BCUT2D eigenvalue weighted by Gasteiger charge is -2.16. The highest BCUT2D eigenvalue weighted by Crippen LogP contribution is 2.37. The number of hydrogen-bond donors (Lipinski definition) is 2. The molecule has 1 aromatic heterocycles. The van der Waals surface area contributed by atoms with Crippen molar-refractivity contribution in [2.24, 2.45) is 5.92 Å². The molecular formula is C17H20FN3O4. The van der Waals surface area contributed by atoms with Crippen LogP contribution < -0.4 is 10.1 Å². The van der Waals surface area contributed by atoms with Gasteiger partial charge in [-0.2, -0.15) is 4.98 Å². The fourth-order valence-corrected chi connectivity index (χ4v) is 3.21. The molecule has 3 atom stereocenters. The van der Waals surface area contributed by atoms with Crippen LogP contribution in [-0.4, -0.2) is 40.9 Å². The summed E-state index contributed by atoms with van der Waals surface area (Å²) >= 11 is 0. The molecule has 3 rings (SSSR count). The number of aryl methyl sites for hydroxylation is 1. The Balaban J connectivity index is 1.63. The molecular weight excluding hydrogens is 329 g/mol. The van der Waals surface area contributed by atoms with E-state index in [2.05, 4.69) is 15.5 Å². The van der Waals surface area contributed by atoms with Crippen LogP contribution in [0, 0.1) is 18.7 Å². The van der Waals surface area contributed by atoms with Gasteiger partial charge in [0.2, 0.25) is 5.89 Å². The number of benzene rings is 1. The zero-order valence-electron chi connectivity index (χ0n) is 14.0. The molecule has 1 amide bonds. The number of methoxy groups -OCH3 is 1. The molecule has 0 saturated heterocycles. The molecule has 0 spiro atoms. The van der Waals surface area contributed by atoms with E-state index in [9.17, 15) is 14.3 Å². The number of aliphatic hydroxyl groups excluding tert-OH is 1. The second kappa shape index (κ2) is 7.18. The minimum absolute atomic E-state index is 0.0406. The van der Waals surface area contributed by atoms with Gasteiger partial charge in [0.05, 0.1) is 13.2 Å². The largest absolute Gasteiger partial charge is 0.496 e. The molecule has 0 bridgehead atoms. The molecule has 134 valence electrons. The van der Waals surface area contributed by atoms with Crippen LogP contribution in [0.3, 0.4) is 0 Å². The Kier molecular flexibility index (Phi) is 4.98. The van der Waals surface area contributed by atoms with Crippen molar-refractivity contribution in [3.63, 3.8) is 0 Å². The summed E-state index contributed by atoms with van der Waals surface area (Å²) in [6.07, 6.45) is 0.503. The van der Waals surface area contributed by atoms with Crippen LogP contribution in [0.25, 0.3) is 0 Å². The molecule has 1 aromatic carbocycles. The number of halogens is 1. The number of carbonyl (C=O) groups is 1. The van der Waals surface area contributed by atoms with Crippen LogP contribution in [0.4, 0.5) is 4.39 Å². The van der Waals surface area contributed by atoms with Gasteiger partial charge < -0.3 is 19.7 Å². The Labute approximate surface area is 144 Å². The van der Waals surface area contributed by atoms with Crippen molar-refractivity contribution in [2.45, 2.75) is 31.8 Å². The number of hydrogen-bond acceptors (Lipinski definition) is 6. The molecule has 1 fully saturated rings. The number of ether oxygens (including phenoxy) is 1. The second-order valence-corrected chi connectivity index (χ2v) is 6.20. The molecule has 1 aliphatic rings. The van der Waals surface area contributed by atoms with Crippen LogP contribution in [0.1, 0.15) is 40.8 Å². The van der Waals surface area contributed by atoms with E-state index in [1.807, 2.05) is 0 Å². The zero-order chi connectivity index (χ0) is 18.0. The van der Waals surface area contributed by atoms with Gasteiger partial charge in [-0.15, -0.1) is 0 Å². The van der Waals surface area contributed by atoms with Crippen molar-refractivity contribution in [3.05, 3.63) is 41.3 Å². The van der Waals surface area contributed by atoms with Crippen molar-refractivity contribution >= 4 is 5.91 Å². The highest BCUT2D eigenvalue weighted by Gasteiger charge is 2.37. The molecule has 0 unspecified atom stereocenters. The first kappa shape index (κ1) is 17.3. The lowest BCUT2D eigenvalue weighted by atomic mass is 10.0. The average molecular weight is 349 g/mol. The van der Waals surface area contributed by atoms with Crippen LogP contribution >= 0.6 is 0 Å². The Hall–Kier alpha value is -2.48. The monoisotopic (exact) mass is 349 g/mol. The first-order valence-corrected chi connectivity index (χ1v) is 8.08. The molecule has 1 aliphatic carbocycles. The number of nitrogens with one attached hydrogen (secondary N) is 1. The smallest absolute Gasteiger partial charge is 0.258 e. The molecule has 2 aromatic rings. The summed E-state index contributed by atoms with van der Waals surface area (Å²) in [6, 6.07) is 4.20. The second-order valence-electron chi connectivity index (χ2n) is 6.20. The van der Waals surface area contributed by atoms with Gasteiger partial charge in [-0.25, -0.2) is 4.39 Å². The van der Waals surface area contributed by atoms with Gasteiger partial charge in [-0.1, -0.05) is 11.2 Å². The first-order valence-electron chi connectivity index (χ1n) is 8.08. The van der Waals surface area contributed by atoms with E-state index in [1.165, 1.54) is 25.3 Å². The van der Waals surface area contributed by atoms with Crippen molar-refractivity contribution in [1.29, 1.82) is 0 Å². The lowest BCUT2D eigenvalue weighted by Crippen LogP contribution is -2.33. The standard InChI is InChI=1S/C17H20FN3O4/c1-9-20-17(25-21-9)10-6-11(13(22)7-10)8-19-16(23)15-12(18)4-3-5-14(15)24-2/h3-5,10-11,13,22H,6-8H2,1-2H3,(H,19,23)/t10-,11+,13+/m0/s1. The fourth-order valence-electron chi connectivity index (χ4n) is 3.21. The van der Waals surface area contributed by atoms with E-state index in [1.54, 1.807) is 6.92 Å². The lowest BCUT2D eigenvalue weighted by molar-refractivity contribution is 0.0909. The van der Waals surface area contributed by atoms with Gasteiger partial charge in [-0.3, -0.25) is 4.79 Å². The number of carbonyl (C=O) groups excluding carboxylic acids is 1. The van der Waals surface area contributed by atoms with Crippen LogP contribution in [0.5, 0.6) is 5.75 Å². The molecule has 8 heteroatoms. The Morgan fingerprint density at radius 1 is 1.48 bits per heavy atom. The van der Waals surface area contributed by atoms with E-state index in [4.69, 9.17) is 9.26 Å². The molecule has 25 heavy (non-hydrogen) atoms. The quantitative estimate of drug-likeness (QED) is 0.854. The number of nitrogens with zero attached hydrogens (tertiary/aromatic N) is 2. The summed E-state index contributed by atoms with van der Waals surface area (Å²) in [4.78, 5) is 16.5. The molecule has 2 N–H and O–H groups in total. The van der Waals surface area contributed by atoms with Crippen molar-refractivity contribution in [3.8, 4) is 5.75 Å². The van der Waals surface area contributed by atoms with E-state index >= 15 is 0 Å². The normalized spacial score (nSPS) is 22.8. The van der Waals surface area contributed by atoms with Gasteiger partial charge >= 0.3 is 0 Å². The van der Waals surface area contributed by atoms with E-state index in [-0.39, 0.29) is 29.7 Å². The summed E-state index contributed by atoms with van der Waals surface area (Å²) in [5.41, 5.74) is -0.137. The summed E-state index contributed by atoms with van der Waals surface area (Å²) in [5.74, 6) is -0.208. The third kappa shape index (κ3) is 3.63. The van der Waals surface area contributed by atoms with Crippen molar-refractivity contribution in [1.82, 2.24) is 15.5 Å². The third-order valence-electron chi connectivity index (χ3n) is 4.50. The summed E-state index contributed by atoms with van der Waals surface area (Å²) < 4.78 is 24.1. The summed E-state index contributed by atoms with van der Waals surface area (Å²) in [6.45, 7) is 1.96. The molecule has 0 aliphatic heterocycles. The Bertz CT molecular complexity index is 764. The van der Waals surface area contributed by atoms with E-state index in [0.29, 0.717) is 24.6 Å². The maximum atomic E-state index is 13.9. The Morgan fingerprint density at radius 2 is 2.28 bits per heavy atom. The van der Waals surface area contributed by atoms with Gasteiger partial charge in [0, 0.05) is 18.4 Å². The maximum absolute atomic E-state index is 13.9. The van der Waals surface area contributed by atoms with Crippen molar-refractivity contribution < 1.29 is 23.6 Å². The minimum atomic E-state index is -0.650. The maximum Gasteiger partial charge on any atom is 0.258 e. The predicted molar refractivity (Wildman–Crippen MR) is 85.8 cm³/mol. The average Bonchev–Trinajstić information content (AvgIpc) is 3.18. The first-order chi connectivity index (χ1) is 12.0. The third-order valence-corrected chi connectivity index (χ3v) is 4.50. The van der Waals surface area contributed by atoms with Crippen LogP contribution in [0.15, 0.2) is 22.7 Å². The Morgan fingerprint density at radius 3 is 2.96 bits per heavy atom. The number of aromatic nitrogens is 2. The van der Waals surface area contributed by atoms with Gasteiger partial charge in [-0.05, 0) is 31.9 Å². The SMILES string of the molecule is COc1cccc(F)c1C(=O)NC[C@H]1C[C@H](c2nc(C)no2)C[C@H]1O. The number of rotatable bonds is 5. The summed E-state index contributed by atoms with van der Waals surface area (Å²) in [7, 11) is 1.38. The fraction of sp³-hybridized carbons (Fsp3) is 0.471. The van der Waals surface area contributed by atoms with Gasteiger partial charge in [0.15, 0.2) is 5.82 Å². The van der Waals surface area contributed by atoms with Gasteiger partial charge in [0.1, 0.15) is 17.1 Å². The molecule has 1 heterocycles. The molecule has 1 saturated carbocycles. The molecule has 0 radical (unpaired) electrons. The zero-order valence-corrected chi connectivity index (χ0v) is 14.0. The van der Waals surface area contributed by atoms with Crippen LogP contribution in [0.2, 0.25) is 0 Å². The topological polar surface area (TPSA) is 97.5 Å². The van der Waals surface area contributed by atoms with E-state index < -0.39 is 17.8 Å². The summed E-state index contributed by atoms with van der Waals surface area (Å²) in [5, 5.41) is 16.7. The predicted octanol–water partition coefficient (Wildman–Crippen LogP) is 1.81. The van der Waals surface area contributed by atoms with E-state index in [0.717, 1.165) is 0 Å². The van der Waals surface area contributed by atoms with Crippen molar-refractivity contribution in [2.75, 3.05) is 13.7 Å². The highest BCUT2D eigenvalue weighted by molar-refractivity contribution is 5.97. The minimum Gasteiger partial charge on any atom is -0.496 e. The number of aliphatic hydroxyl groups is 1. The van der Waals surface area contributed by atoms with Crippen LogP contribution in [-0.2, 0) is 0 Å². The highest BCUT2D eigenvalue weighted by atomic mass is 19.1. The van der Waals surface area contributed by atoms with Gasteiger partial charge in [0.25, 0.3) is 5.91 Å². The number of amides is 1. The molecule has 7 nitrogen and oxygen atoms in total.